The Bertz CT molecular complexity index is 1380. The minimum Gasteiger partial charge on any atom is -0.377 e. The molecule has 3 aliphatic rings. The number of nitrogens with zero attached hydrogens (tertiary/aromatic N) is 6. The maximum atomic E-state index is 12.8. The van der Waals surface area contributed by atoms with Crippen LogP contribution in [0.3, 0.4) is 0 Å². The summed E-state index contributed by atoms with van der Waals surface area (Å²) < 4.78 is 11.3. The number of pyridine rings is 1. The molecule has 1 aromatic carbocycles. The molecule has 6 rings (SSSR count). The van der Waals surface area contributed by atoms with Gasteiger partial charge in [-0.05, 0) is 38.1 Å². The van der Waals surface area contributed by atoms with E-state index < -0.39 is 0 Å². The zero-order valence-electron chi connectivity index (χ0n) is 21.7. The van der Waals surface area contributed by atoms with Gasteiger partial charge in [-0.25, -0.2) is 4.98 Å². The van der Waals surface area contributed by atoms with Crippen LogP contribution in [0.25, 0.3) is 22.3 Å². The van der Waals surface area contributed by atoms with Gasteiger partial charge in [0.1, 0.15) is 11.7 Å². The number of rotatable bonds is 4. The molecule has 0 saturated carbocycles. The number of anilines is 2. The van der Waals surface area contributed by atoms with E-state index in [1.165, 1.54) is 0 Å². The van der Waals surface area contributed by atoms with Gasteiger partial charge in [0.05, 0.1) is 49.6 Å². The van der Waals surface area contributed by atoms with Gasteiger partial charge in [0.2, 0.25) is 5.95 Å². The van der Waals surface area contributed by atoms with E-state index in [-0.39, 0.29) is 18.0 Å². The fraction of sp³-hybridized carbons (Fsp3) is 0.444. The van der Waals surface area contributed by atoms with Crippen LogP contribution in [0.5, 0.6) is 0 Å². The smallest absolute Gasteiger partial charge is 0.256 e. The lowest BCUT2D eigenvalue weighted by molar-refractivity contribution is 0.0972. The first-order valence-electron chi connectivity index (χ1n) is 13.2. The molecule has 1 amide bonds. The number of benzene rings is 1. The van der Waals surface area contributed by atoms with Crippen LogP contribution in [0.1, 0.15) is 30.6 Å². The van der Waals surface area contributed by atoms with Gasteiger partial charge in [0.15, 0.2) is 5.65 Å². The van der Waals surface area contributed by atoms with E-state index in [0.717, 1.165) is 42.1 Å². The maximum Gasteiger partial charge on any atom is 0.256 e. The maximum absolute atomic E-state index is 12.8. The van der Waals surface area contributed by atoms with Gasteiger partial charge in [-0.2, -0.15) is 15.1 Å². The Kier molecular flexibility index (Phi) is 6.77. The summed E-state index contributed by atoms with van der Waals surface area (Å²) in [4.78, 5) is 32.3. The molecule has 11 nitrogen and oxygen atoms in total. The number of amides is 1. The van der Waals surface area contributed by atoms with Gasteiger partial charge in [0.25, 0.3) is 5.91 Å². The molecule has 0 bridgehead atoms. The molecule has 38 heavy (non-hydrogen) atoms. The zero-order chi connectivity index (χ0) is 26.1. The van der Waals surface area contributed by atoms with Crippen LogP contribution in [0, 0.1) is 0 Å². The molecule has 2 aromatic heterocycles. The van der Waals surface area contributed by atoms with E-state index in [2.05, 4.69) is 39.5 Å². The Labute approximate surface area is 221 Å². The highest BCUT2D eigenvalue weighted by molar-refractivity contribution is 6.07. The number of hydrogen-bond acceptors (Lipinski definition) is 10. The Morgan fingerprint density at radius 3 is 2.53 bits per heavy atom. The van der Waals surface area contributed by atoms with Crippen molar-refractivity contribution in [3.05, 3.63) is 42.0 Å². The number of aromatic nitrogens is 3. The monoisotopic (exact) mass is 516 g/mol. The number of amidine groups is 1. The second kappa shape index (κ2) is 10.5. The second-order valence-corrected chi connectivity index (χ2v) is 9.90. The van der Waals surface area contributed by atoms with Crippen LogP contribution < -0.4 is 20.5 Å². The summed E-state index contributed by atoms with van der Waals surface area (Å²) in [5, 5.41) is 7.88. The number of fused-ring (bicyclic) bond motifs is 1. The molecule has 5 heterocycles. The number of nitrogens with one attached hydrogen (secondary N) is 2. The molecule has 11 heteroatoms. The fourth-order valence-corrected chi connectivity index (χ4v) is 5.05. The van der Waals surface area contributed by atoms with Crippen molar-refractivity contribution in [3.63, 3.8) is 0 Å². The molecule has 198 valence electrons. The Hall–Kier alpha value is -3.83. The second-order valence-electron chi connectivity index (χ2n) is 9.90. The number of hydrogen-bond donors (Lipinski definition) is 2. The third-order valence-corrected chi connectivity index (χ3v) is 7.16. The van der Waals surface area contributed by atoms with Gasteiger partial charge in [0, 0.05) is 37.2 Å². The van der Waals surface area contributed by atoms with Crippen molar-refractivity contribution in [3.8, 4) is 11.3 Å². The third-order valence-electron chi connectivity index (χ3n) is 7.16. The predicted molar refractivity (Wildman–Crippen MR) is 146 cm³/mol. The third kappa shape index (κ3) is 4.86. The van der Waals surface area contributed by atoms with Gasteiger partial charge < -0.3 is 30.0 Å². The van der Waals surface area contributed by atoms with E-state index in [4.69, 9.17) is 24.4 Å². The Morgan fingerprint density at radius 1 is 1.00 bits per heavy atom. The molecule has 3 aliphatic heterocycles. The lowest BCUT2D eigenvalue weighted by Gasteiger charge is -2.37. The van der Waals surface area contributed by atoms with E-state index in [1.54, 1.807) is 6.07 Å². The average molecular weight is 517 g/mol. The Morgan fingerprint density at radius 2 is 1.79 bits per heavy atom. The van der Waals surface area contributed by atoms with E-state index in [1.807, 2.05) is 30.3 Å². The zero-order valence-corrected chi connectivity index (χ0v) is 21.7. The highest BCUT2D eigenvalue weighted by Crippen LogP contribution is 2.31. The van der Waals surface area contributed by atoms with Crippen molar-refractivity contribution in [2.24, 2.45) is 5.10 Å². The first kappa shape index (κ1) is 24.5. The molecule has 2 atom stereocenters. The lowest BCUT2D eigenvalue weighted by atomic mass is 10.1. The Balaban J connectivity index is 1.39. The number of hydrazone groups is 1. The summed E-state index contributed by atoms with van der Waals surface area (Å²) in [5.41, 5.74) is 5.63. The molecule has 0 unspecified atom stereocenters. The molecular formula is C27H32N8O3. The predicted octanol–water partition coefficient (Wildman–Crippen LogP) is 2.18. The van der Waals surface area contributed by atoms with E-state index in [0.29, 0.717) is 55.8 Å². The first-order valence-corrected chi connectivity index (χ1v) is 13.2. The summed E-state index contributed by atoms with van der Waals surface area (Å²) in [7, 11) is 0. The minimum atomic E-state index is -0.190. The largest absolute Gasteiger partial charge is 0.377 e. The molecule has 3 aromatic rings. The van der Waals surface area contributed by atoms with Crippen molar-refractivity contribution in [1.82, 2.24) is 25.7 Å². The lowest BCUT2D eigenvalue weighted by Crippen LogP contribution is -2.46. The summed E-state index contributed by atoms with van der Waals surface area (Å²) in [5.74, 6) is 1.99. The number of morpholine rings is 2. The van der Waals surface area contributed by atoms with Gasteiger partial charge >= 0.3 is 0 Å². The molecule has 0 aliphatic carbocycles. The van der Waals surface area contributed by atoms with Gasteiger partial charge in [-0.15, -0.1) is 0 Å². The summed E-state index contributed by atoms with van der Waals surface area (Å²) in [6, 6.07) is 11.8. The van der Waals surface area contributed by atoms with Crippen molar-refractivity contribution >= 4 is 34.5 Å². The van der Waals surface area contributed by atoms with Crippen LogP contribution in [-0.2, 0) is 9.47 Å². The average Bonchev–Trinajstić information content (AvgIpc) is 3.46. The van der Waals surface area contributed by atoms with Crippen LogP contribution >= 0.6 is 0 Å². The van der Waals surface area contributed by atoms with Crippen molar-refractivity contribution in [2.75, 3.05) is 55.9 Å². The number of ether oxygens (including phenoxy) is 2. The van der Waals surface area contributed by atoms with E-state index >= 15 is 0 Å². The molecule has 0 spiro atoms. The SMILES string of the molecule is C[C@H]1COCCN1c1nc(N2CCOC[C@@H]2C)c2ccc(-c3cccc(C(=O)NC4=NNCC4)c3)nc2n1. The molecule has 0 radical (unpaired) electrons. The minimum absolute atomic E-state index is 0.161. The van der Waals surface area contributed by atoms with Gasteiger partial charge in [-0.1, -0.05) is 12.1 Å². The highest BCUT2D eigenvalue weighted by Gasteiger charge is 2.27. The van der Waals surface area contributed by atoms with Crippen LogP contribution in [0.2, 0.25) is 0 Å². The van der Waals surface area contributed by atoms with Gasteiger partial charge in [-0.3, -0.25) is 4.79 Å². The van der Waals surface area contributed by atoms with Crippen LogP contribution in [0.4, 0.5) is 11.8 Å². The fourth-order valence-electron chi connectivity index (χ4n) is 5.05. The summed E-state index contributed by atoms with van der Waals surface area (Å²) in [6.45, 7) is 9.06. The topological polar surface area (TPSA) is 117 Å². The standard InChI is InChI=1S/C27H32N8O3/c1-17-15-37-12-10-34(17)25-21-6-7-22(29-24(21)31-27(32-25)35-11-13-38-16-18(35)2)19-4-3-5-20(14-19)26(36)30-23-8-9-28-33-23/h3-7,14,17-18,28H,8-13,15-16H2,1-2H3,(H,30,33,36)/t17-,18-/m0/s1. The molecular weight excluding hydrogens is 484 g/mol. The van der Waals surface area contributed by atoms with Crippen LogP contribution in [0.15, 0.2) is 41.5 Å². The first-order chi connectivity index (χ1) is 18.6. The number of carbonyl (C=O) groups is 1. The molecule has 2 saturated heterocycles. The normalized spacial score (nSPS) is 21.8. The molecule has 2 fully saturated rings. The van der Waals surface area contributed by atoms with Crippen molar-refractivity contribution in [2.45, 2.75) is 32.4 Å². The van der Waals surface area contributed by atoms with Crippen molar-refractivity contribution in [1.29, 1.82) is 0 Å². The van der Waals surface area contributed by atoms with Crippen LogP contribution in [-0.4, -0.2) is 84.8 Å². The summed E-state index contributed by atoms with van der Waals surface area (Å²) >= 11 is 0. The number of carbonyl (C=O) groups excluding carboxylic acids is 1. The van der Waals surface area contributed by atoms with E-state index in [9.17, 15) is 4.79 Å². The summed E-state index contributed by atoms with van der Waals surface area (Å²) in [6.07, 6.45) is 0.700. The van der Waals surface area contributed by atoms with Crippen molar-refractivity contribution < 1.29 is 14.3 Å². The molecule has 2 N–H and O–H groups in total. The quantitative estimate of drug-likeness (QED) is 0.538. The highest BCUT2D eigenvalue weighted by atomic mass is 16.5.